The quantitative estimate of drug-likeness (QED) is 0.723. The summed E-state index contributed by atoms with van der Waals surface area (Å²) in [5, 5.41) is 7.78. The number of nitrogens with zero attached hydrogens (tertiary/aromatic N) is 3. The summed E-state index contributed by atoms with van der Waals surface area (Å²) in [6.45, 7) is 2.01. The number of aromatic nitrogens is 3. The van der Waals surface area contributed by atoms with Crippen LogP contribution in [-0.2, 0) is 11.3 Å². The SMILES string of the molecule is COc1ccc(CNc2ccn3ncc(C4=CCOCC4)c3n2)cc1OC. The molecule has 2 aromatic heterocycles. The van der Waals surface area contributed by atoms with Gasteiger partial charge in [-0.3, -0.25) is 0 Å². The van der Waals surface area contributed by atoms with Gasteiger partial charge in [-0.25, -0.2) is 9.50 Å². The lowest BCUT2D eigenvalue weighted by molar-refractivity contribution is 0.161. The molecule has 1 aliphatic rings. The molecule has 1 aromatic carbocycles. The average molecular weight is 366 g/mol. The van der Waals surface area contributed by atoms with Gasteiger partial charge in [0.1, 0.15) is 5.82 Å². The van der Waals surface area contributed by atoms with Crippen LogP contribution in [0.2, 0.25) is 0 Å². The number of nitrogens with one attached hydrogen (secondary N) is 1. The number of ether oxygens (including phenoxy) is 3. The fourth-order valence-electron chi connectivity index (χ4n) is 3.15. The fourth-order valence-corrected chi connectivity index (χ4v) is 3.15. The van der Waals surface area contributed by atoms with Crippen LogP contribution in [0.1, 0.15) is 17.5 Å². The van der Waals surface area contributed by atoms with Gasteiger partial charge in [-0.1, -0.05) is 12.1 Å². The van der Waals surface area contributed by atoms with Crippen molar-refractivity contribution in [2.24, 2.45) is 0 Å². The third-order valence-corrected chi connectivity index (χ3v) is 4.60. The molecule has 0 spiro atoms. The molecule has 7 heteroatoms. The van der Waals surface area contributed by atoms with Crippen LogP contribution < -0.4 is 14.8 Å². The molecule has 27 heavy (non-hydrogen) atoms. The Labute approximate surface area is 157 Å². The Bertz CT molecular complexity index is 981. The zero-order chi connectivity index (χ0) is 18.6. The molecule has 4 rings (SSSR count). The van der Waals surface area contributed by atoms with Crippen LogP contribution in [0.25, 0.3) is 11.2 Å². The van der Waals surface area contributed by atoms with Crippen molar-refractivity contribution in [2.45, 2.75) is 13.0 Å². The van der Waals surface area contributed by atoms with Gasteiger partial charge in [-0.2, -0.15) is 5.10 Å². The lowest BCUT2D eigenvalue weighted by Crippen LogP contribution is -2.05. The summed E-state index contributed by atoms with van der Waals surface area (Å²) in [4.78, 5) is 4.75. The lowest BCUT2D eigenvalue weighted by atomic mass is 10.1. The van der Waals surface area contributed by atoms with E-state index in [0.29, 0.717) is 18.9 Å². The highest BCUT2D eigenvalue weighted by molar-refractivity contribution is 5.76. The summed E-state index contributed by atoms with van der Waals surface area (Å²) in [7, 11) is 3.27. The predicted molar refractivity (Wildman–Crippen MR) is 103 cm³/mol. The van der Waals surface area contributed by atoms with Crippen molar-refractivity contribution in [1.82, 2.24) is 14.6 Å². The monoisotopic (exact) mass is 366 g/mol. The van der Waals surface area contributed by atoms with Crippen LogP contribution in [0.15, 0.2) is 42.7 Å². The van der Waals surface area contributed by atoms with E-state index in [-0.39, 0.29) is 0 Å². The average Bonchev–Trinajstić information content (AvgIpc) is 3.16. The van der Waals surface area contributed by atoms with E-state index in [2.05, 4.69) is 16.5 Å². The van der Waals surface area contributed by atoms with E-state index < -0.39 is 0 Å². The van der Waals surface area contributed by atoms with Crippen molar-refractivity contribution < 1.29 is 14.2 Å². The number of hydrogen-bond donors (Lipinski definition) is 1. The maximum absolute atomic E-state index is 5.40. The van der Waals surface area contributed by atoms with Crippen molar-refractivity contribution in [3.05, 3.63) is 53.9 Å². The van der Waals surface area contributed by atoms with Crippen LogP contribution in [0.4, 0.5) is 5.82 Å². The van der Waals surface area contributed by atoms with Crippen molar-refractivity contribution in [1.29, 1.82) is 0 Å². The number of anilines is 1. The van der Waals surface area contributed by atoms with Crippen LogP contribution in [-0.4, -0.2) is 42.0 Å². The van der Waals surface area contributed by atoms with E-state index in [0.717, 1.165) is 41.4 Å². The fraction of sp³-hybridized carbons (Fsp3) is 0.300. The smallest absolute Gasteiger partial charge is 0.164 e. The van der Waals surface area contributed by atoms with Crippen LogP contribution >= 0.6 is 0 Å². The minimum Gasteiger partial charge on any atom is -0.493 e. The molecule has 0 unspecified atom stereocenters. The molecule has 0 bridgehead atoms. The molecular formula is C20H22N4O3. The highest BCUT2D eigenvalue weighted by Gasteiger charge is 2.13. The number of rotatable bonds is 6. The second-order valence-electron chi connectivity index (χ2n) is 6.24. The summed E-state index contributed by atoms with van der Waals surface area (Å²) in [5.74, 6) is 2.23. The molecule has 0 amide bonds. The number of methoxy groups -OCH3 is 2. The molecule has 0 saturated carbocycles. The molecule has 1 N–H and O–H groups in total. The van der Waals surface area contributed by atoms with Crippen molar-refractivity contribution in [3.8, 4) is 11.5 Å². The van der Waals surface area contributed by atoms with E-state index in [4.69, 9.17) is 19.2 Å². The number of hydrogen-bond acceptors (Lipinski definition) is 6. The zero-order valence-corrected chi connectivity index (χ0v) is 15.4. The summed E-state index contributed by atoms with van der Waals surface area (Å²) >= 11 is 0. The first-order valence-electron chi connectivity index (χ1n) is 8.85. The van der Waals surface area contributed by atoms with Gasteiger partial charge in [-0.15, -0.1) is 0 Å². The van der Waals surface area contributed by atoms with Gasteiger partial charge in [0.25, 0.3) is 0 Å². The van der Waals surface area contributed by atoms with Crippen LogP contribution in [0.5, 0.6) is 11.5 Å². The summed E-state index contributed by atoms with van der Waals surface area (Å²) in [6, 6.07) is 7.79. The Morgan fingerprint density at radius 1 is 1.19 bits per heavy atom. The molecule has 3 aromatic rings. The Hall–Kier alpha value is -3.06. The Morgan fingerprint density at radius 3 is 2.85 bits per heavy atom. The molecule has 0 atom stereocenters. The maximum atomic E-state index is 5.40. The summed E-state index contributed by atoms with van der Waals surface area (Å²) < 4.78 is 17.8. The Morgan fingerprint density at radius 2 is 2.07 bits per heavy atom. The van der Waals surface area contributed by atoms with Gasteiger partial charge < -0.3 is 19.5 Å². The molecule has 0 radical (unpaired) electrons. The Balaban J connectivity index is 1.55. The topological polar surface area (TPSA) is 69.9 Å². The van der Waals surface area contributed by atoms with Crippen molar-refractivity contribution in [3.63, 3.8) is 0 Å². The van der Waals surface area contributed by atoms with E-state index >= 15 is 0 Å². The maximum Gasteiger partial charge on any atom is 0.164 e. The van der Waals surface area contributed by atoms with Crippen molar-refractivity contribution >= 4 is 17.0 Å². The van der Waals surface area contributed by atoms with Gasteiger partial charge >= 0.3 is 0 Å². The van der Waals surface area contributed by atoms with Crippen molar-refractivity contribution in [2.75, 3.05) is 32.8 Å². The third kappa shape index (κ3) is 3.59. The first-order valence-corrected chi connectivity index (χ1v) is 8.85. The second-order valence-corrected chi connectivity index (χ2v) is 6.24. The van der Waals surface area contributed by atoms with Gasteiger partial charge in [0.15, 0.2) is 17.1 Å². The molecule has 0 saturated heterocycles. The minimum atomic E-state index is 0.629. The van der Waals surface area contributed by atoms with E-state index in [1.54, 1.807) is 18.7 Å². The van der Waals surface area contributed by atoms with Gasteiger partial charge in [0.2, 0.25) is 0 Å². The predicted octanol–water partition coefficient (Wildman–Crippen LogP) is 3.16. The highest BCUT2D eigenvalue weighted by atomic mass is 16.5. The first-order chi connectivity index (χ1) is 13.3. The van der Waals surface area contributed by atoms with Gasteiger partial charge in [0.05, 0.1) is 33.6 Å². The molecule has 0 aliphatic carbocycles. The number of fused-ring (bicyclic) bond motifs is 1. The molecule has 7 nitrogen and oxygen atoms in total. The standard InChI is InChI=1S/C20H22N4O3/c1-25-17-4-3-14(11-18(17)26-2)12-21-19-5-8-24-20(23-19)16(13-22-24)15-6-9-27-10-7-15/h3-6,8,11,13H,7,9-10,12H2,1-2H3,(H,21,23). The van der Waals surface area contributed by atoms with E-state index in [9.17, 15) is 0 Å². The molecule has 3 heterocycles. The lowest BCUT2D eigenvalue weighted by Gasteiger charge is -2.13. The third-order valence-electron chi connectivity index (χ3n) is 4.60. The normalized spacial score (nSPS) is 14.1. The van der Waals surface area contributed by atoms with Gasteiger partial charge in [0, 0.05) is 18.3 Å². The molecule has 1 aliphatic heterocycles. The molecule has 140 valence electrons. The van der Waals surface area contributed by atoms with E-state index in [1.807, 2.05) is 36.7 Å². The van der Waals surface area contributed by atoms with Crippen LogP contribution in [0, 0.1) is 0 Å². The summed E-state index contributed by atoms with van der Waals surface area (Å²) in [5.41, 5.74) is 4.23. The summed E-state index contributed by atoms with van der Waals surface area (Å²) in [6.07, 6.45) is 6.78. The van der Waals surface area contributed by atoms with Crippen LogP contribution in [0.3, 0.4) is 0 Å². The highest BCUT2D eigenvalue weighted by Crippen LogP contribution is 2.28. The molecular weight excluding hydrogens is 344 g/mol. The Kier molecular flexibility index (Phi) is 4.93. The minimum absolute atomic E-state index is 0.629. The molecule has 0 fully saturated rings. The number of benzene rings is 1. The van der Waals surface area contributed by atoms with E-state index in [1.165, 1.54) is 5.57 Å². The second kappa shape index (κ2) is 7.67. The largest absolute Gasteiger partial charge is 0.493 e. The first kappa shape index (κ1) is 17.4. The zero-order valence-electron chi connectivity index (χ0n) is 15.4. The van der Waals surface area contributed by atoms with Gasteiger partial charge in [-0.05, 0) is 35.8 Å².